The molecular formula is C9H20O4. The van der Waals surface area contributed by atoms with E-state index in [-0.39, 0.29) is 6.61 Å². The number of aliphatic carboxylic acids is 1. The van der Waals surface area contributed by atoms with Gasteiger partial charge < -0.3 is 15.3 Å². The van der Waals surface area contributed by atoms with Crippen molar-refractivity contribution < 1.29 is 20.1 Å². The van der Waals surface area contributed by atoms with E-state index in [2.05, 4.69) is 0 Å². The average molecular weight is 192 g/mol. The van der Waals surface area contributed by atoms with Gasteiger partial charge in [-0.15, -0.1) is 0 Å². The quantitative estimate of drug-likeness (QED) is 0.620. The van der Waals surface area contributed by atoms with Gasteiger partial charge in [0.15, 0.2) is 0 Å². The van der Waals surface area contributed by atoms with Gasteiger partial charge in [-0.2, -0.15) is 0 Å². The second-order valence-corrected chi connectivity index (χ2v) is 3.77. The van der Waals surface area contributed by atoms with Gasteiger partial charge in [0.2, 0.25) is 0 Å². The van der Waals surface area contributed by atoms with Gasteiger partial charge >= 0.3 is 0 Å². The van der Waals surface area contributed by atoms with E-state index in [1.54, 1.807) is 6.92 Å². The lowest BCUT2D eigenvalue weighted by atomic mass is 9.95. The molecule has 0 aromatic rings. The minimum Gasteiger partial charge on any atom is -0.481 e. The van der Waals surface area contributed by atoms with Crippen LogP contribution in [0.2, 0.25) is 0 Å². The first kappa shape index (κ1) is 14.9. The highest BCUT2D eigenvalue weighted by atomic mass is 16.4. The number of rotatable bonds is 3. The molecule has 4 heteroatoms. The molecule has 0 saturated heterocycles. The second kappa shape index (κ2) is 6.86. The zero-order chi connectivity index (χ0) is 11.1. The first-order chi connectivity index (χ1) is 5.71. The van der Waals surface area contributed by atoms with E-state index in [1.165, 1.54) is 0 Å². The Morgan fingerprint density at radius 1 is 1.46 bits per heavy atom. The molecule has 13 heavy (non-hydrogen) atoms. The molecule has 0 saturated carbocycles. The summed E-state index contributed by atoms with van der Waals surface area (Å²) in [6.07, 6.45) is 0.656. The molecule has 1 atom stereocenters. The van der Waals surface area contributed by atoms with Crippen molar-refractivity contribution in [3.63, 3.8) is 0 Å². The van der Waals surface area contributed by atoms with Gasteiger partial charge in [0.1, 0.15) is 0 Å². The van der Waals surface area contributed by atoms with E-state index in [9.17, 15) is 5.11 Å². The third kappa shape index (κ3) is 18.4. The normalized spacial score (nSPS) is 14.4. The molecule has 0 spiro atoms. The molecule has 0 heterocycles. The van der Waals surface area contributed by atoms with Crippen LogP contribution in [0.3, 0.4) is 0 Å². The number of carboxylic acids is 1. The fraction of sp³-hybridized carbons (Fsp3) is 0.889. The second-order valence-electron chi connectivity index (χ2n) is 3.77. The molecule has 0 aliphatic rings. The van der Waals surface area contributed by atoms with Crippen LogP contribution in [0.5, 0.6) is 0 Å². The molecule has 0 aromatic carbocycles. The number of carboxylic acid groups (broad SMARTS) is 1. The van der Waals surface area contributed by atoms with Crippen LogP contribution < -0.4 is 0 Å². The summed E-state index contributed by atoms with van der Waals surface area (Å²) in [4.78, 5) is 9.00. The fourth-order valence-corrected chi connectivity index (χ4v) is 0.944. The molecule has 0 fully saturated rings. The van der Waals surface area contributed by atoms with Crippen LogP contribution in [0.4, 0.5) is 0 Å². The Bertz CT molecular complexity index is 137. The van der Waals surface area contributed by atoms with E-state index >= 15 is 0 Å². The summed E-state index contributed by atoms with van der Waals surface area (Å²) in [7, 11) is 0. The average Bonchev–Trinajstić information content (AvgIpc) is 1.83. The van der Waals surface area contributed by atoms with Crippen molar-refractivity contribution in [3.8, 4) is 0 Å². The molecule has 0 radical (unpaired) electrons. The third-order valence-corrected chi connectivity index (χ3v) is 1.19. The minimum atomic E-state index is -0.881. The van der Waals surface area contributed by atoms with Crippen LogP contribution in [-0.4, -0.2) is 33.5 Å². The SMILES string of the molecule is CC(=O)O.CC(C)CC(C)(O)CO. The monoisotopic (exact) mass is 192 g/mol. The smallest absolute Gasteiger partial charge is 0.300 e. The number of hydrogen-bond donors (Lipinski definition) is 3. The first-order valence-corrected chi connectivity index (χ1v) is 4.24. The number of aliphatic hydroxyl groups excluding tert-OH is 1. The molecule has 0 aliphatic heterocycles. The summed E-state index contributed by atoms with van der Waals surface area (Å²) < 4.78 is 0. The lowest BCUT2D eigenvalue weighted by Crippen LogP contribution is -2.30. The van der Waals surface area contributed by atoms with Crippen molar-refractivity contribution in [1.82, 2.24) is 0 Å². The van der Waals surface area contributed by atoms with Crippen molar-refractivity contribution >= 4 is 5.97 Å². The molecule has 1 unspecified atom stereocenters. The largest absolute Gasteiger partial charge is 0.481 e. The maximum absolute atomic E-state index is 9.24. The van der Waals surface area contributed by atoms with E-state index in [0.717, 1.165) is 6.92 Å². The molecule has 0 amide bonds. The Labute approximate surface area is 79.2 Å². The molecular weight excluding hydrogens is 172 g/mol. The van der Waals surface area contributed by atoms with Crippen LogP contribution in [0.25, 0.3) is 0 Å². The Hall–Kier alpha value is -0.610. The molecule has 80 valence electrons. The minimum absolute atomic E-state index is 0.148. The van der Waals surface area contributed by atoms with Gasteiger partial charge in [-0.05, 0) is 19.3 Å². The third-order valence-electron chi connectivity index (χ3n) is 1.19. The molecule has 0 bridgehead atoms. The highest BCUT2D eigenvalue weighted by Gasteiger charge is 2.19. The Morgan fingerprint density at radius 2 is 1.77 bits per heavy atom. The van der Waals surface area contributed by atoms with E-state index in [1.807, 2.05) is 13.8 Å². The Balaban J connectivity index is 0. The predicted molar refractivity (Wildman–Crippen MR) is 50.5 cm³/mol. The van der Waals surface area contributed by atoms with Gasteiger partial charge in [-0.1, -0.05) is 13.8 Å². The van der Waals surface area contributed by atoms with Crippen LogP contribution in [0, 0.1) is 5.92 Å². The van der Waals surface area contributed by atoms with Gasteiger partial charge in [0.05, 0.1) is 12.2 Å². The molecule has 0 rings (SSSR count). The summed E-state index contributed by atoms with van der Waals surface area (Å²) in [5.74, 6) is -0.396. The zero-order valence-corrected chi connectivity index (χ0v) is 8.74. The standard InChI is InChI=1S/C7H16O2.C2H4O2/c1-6(2)4-7(3,9)5-8;1-2(3)4/h6,8-9H,4-5H2,1-3H3;1H3,(H,3,4). The number of aliphatic hydroxyl groups is 2. The fourth-order valence-electron chi connectivity index (χ4n) is 0.944. The molecule has 3 N–H and O–H groups in total. The number of carbonyl (C=O) groups is 1. The van der Waals surface area contributed by atoms with E-state index < -0.39 is 11.6 Å². The van der Waals surface area contributed by atoms with Crippen LogP contribution in [0.1, 0.15) is 34.1 Å². The highest BCUT2D eigenvalue weighted by Crippen LogP contribution is 2.14. The van der Waals surface area contributed by atoms with Crippen LogP contribution >= 0.6 is 0 Å². The van der Waals surface area contributed by atoms with Crippen LogP contribution in [-0.2, 0) is 4.79 Å². The van der Waals surface area contributed by atoms with Gasteiger partial charge in [0.25, 0.3) is 5.97 Å². The maximum Gasteiger partial charge on any atom is 0.300 e. The summed E-state index contributed by atoms with van der Waals surface area (Å²) in [5.41, 5.74) is -0.881. The first-order valence-electron chi connectivity index (χ1n) is 4.24. The molecule has 4 nitrogen and oxygen atoms in total. The van der Waals surface area contributed by atoms with Crippen molar-refractivity contribution in [2.45, 2.75) is 39.7 Å². The van der Waals surface area contributed by atoms with Crippen molar-refractivity contribution in [3.05, 3.63) is 0 Å². The molecule has 0 aliphatic carbocycles. The van der Waals surface area contributed by atoms with Gasteiger partial charge in [0, 0.05) is 6.92 Å². The molecule has 0 aromatic heterocycles. The summed E-state index contributed by atoms with van der Waals surface area (Å²) in [5, 5.41) is 25.3. The topological polar surface area (TPSA) is 77.8 Å². The van der Waals surface area contributed by atoms with Crippen molar-refractivity contribution in [2.24, 2.45) is 5.92 Å². The lowest BCUT2D eigenvalue weighted by molar-refractivity contribution is -0.134. The predicted octanol–water partition coefficient (Wildman–Crippen LogP) is 0.867. The summed E-state index contributed by atoms with van der Waals surface area (Å²) in [6.45, 7) is 6.62. The van der Waals surface area contributed by atoms with Crippen molar-refractivity contribution in [1.29, 1.82) is 0 Å². The van der Waals surface area contributed by atoms with Crippen LogP contribution in [0.15, 0.2) is 0 Å². The van der Waals surface area contributed by atoms with E-state index in [0.29, 0.717) is 12.3 Å². The highest BCUT2D eigenvalue weighted by molar-refractivity contribution is 5.62. The van der Waals surface area contributed by atoms with Gasteiger partial charge in [-0.25, -0.2) is 0 Å². The Morgan fingerprint density at radius 3 is 1.85 bits per heavy atom. The summed E-state index contributed by atoms with van der Waals surface area (Å²) >= 11 is 0. The summed E-state index contributed by atoms with van der Waals surface area (Å²) in [6, 6.07) is 0. The van der Waals surface area contributed by atoms with E-state index in [4.69, 9.17) is 15.0 Å². The lowest BCUT2D eigenvalue weighted by Gasteiger charge is -2.21. The number of hydrogen-bond acceptors (Lipinski definition) is 3. The van der Waals surface area contributed by atoms with Crippen molar-refractivity contribution in [2.75, 3.05) is 6.61 Å². The maximum atomic E-state index is 9.24. The van der Waals surface area contributed by atoms with Gasteiger partial charge in [-0.3, -0.25) is 4.79 Å². The zero-order valence-electron chi connectivity index (χ0n) is 8.74. The Kier molecular flexibility index (Phi) is 7.85.